The highest BCUT2D eigenvalue weighted by molar-refractivity contribution is 7.91. The zero-order valence-corrected chi connectivity index (χ0v) is 9.61. The topological polar surface area (TPSA) is 93.3 Å². The van der Waals surface area contributed by atoms with E-state index >= 15 is 0 Å². The van der Waals surface area contributed by atoms with Crippen molar-refractivity contribution in [1.82, 2.24) is 10.1 Å². The summed E-state index contributed by atoms with van der Waals surface area (Å²) in [5, 5.41) is 12.4. The lowest BCUT2D eigenvalue weighted by Gasteiger charge is -1.98. The Hall–Kier alpha value is -0.950. The average Bonchev–Trinajstić information content (AvgIpc) is 2.81. The normalized spacial score (nSPS) is 23.7. The number of sulfone groups is 1. The van der Waals surface area contributed by atoms with Crippen molar-refractivity contribution in [2.45, 2.75) is 25.2 Å². The van der Waals surface area contributed by atoms with Gasteiger partial charge in [-0.2, -0.15) is 4.98 Å². The maximum absolute atomic E-state index is 11.3. The molecule has 16 heavy (non-hydrogen) atoms. The van der Waals surface area contributed by atoms with Gasteiger partial charge in [0.25, 0.3) is 0 Å². The summed E-state index contributed by atoms with van der Waals surface area (Å²) < 4.78 is 27.5. The van der Waals surface area contributed by atoms with Crippen molar-refractivity contribution >= 4 is 9.84 Å². The van der Waals surface area contributed by atoms with Crippen LogP contribution < -0.4 is 0 Å². The second kappa shape index (κ2) is 4.50. The Labute approximate surface area is 93.6 Å². The zero-order valence-electron chi connectivity index (χ0n) is 8.79. The van der Waals surface area contributed by atoms with Crippen LogP contribution in [0.3, 0.4) is 0 Å². The maximum atomic E-state index is 11.3. The molecule has 1 saturated heterocycles. The van der Waals surface area contributed by atoms with Crippen molar-refractivity contribution in [3.63, 3.8) is 0 Å². The maximum Gasteiger partial charge on any atom is 0.226 e. The predicted molar refractivity (Wildman–Crippen MR) is 55.7 cm³/mol. The molecule has 6 nitrogen and oxygen atoms in total. The third-order valence-corrected chi connectivity index (χ3v) is 4.40. The van der Waals surface area contributed by atoms with Gasteiger partial charge < -0.3 is 9.63 Å². The van der Waals surface area contributed by atoms with Crippen molar-refractivity contribution in [2.75, 3.05) is 18.1 Å². The molecule has 1 atom stereocenters. The van der Waals surface area contributed by atoms with Gasteiger partial charge in [-0.1, -0.05) is 5.16 Å². The molecular formula is C9H14N2O4S. The van der Waals surface area contributed by atoms with Gasteiger partial charge in [0.1, 0.15) is 0 Å². The van der Waals surface area contributed by atoms with E-state index in [0.717, 1.165) is 0 Å². The van der Waals surface area contributed by atoms with Crippen LogP contribution in [0.1, 0.15) is 30.5 Å². The van der Waals surface area contributed by atoms with Crippen LogP contribution in [0.2, 0.25) is 0 Å². The standard InChI is InChI=1S/C9H14N2O4S/c12-4-1-2-8-10-9(11-15-8)7-3-5-16(13,14)6-7/h7,12H,1-6H2. The summed E-state index contributed by atoms with van der Waals surface area (Å²) in [6.07, 6.45) is 1.68. The molecule has 0 saturated carbocycles. The van der Waals surface area contributed by atoms with Crippen molar-refractivity contribution < 1.29 is 18.0 Å². The summed E-state index contributed by atoms with van der Waals surface area (Å²) in [6, 6.07) is 0. The van der Waals surface area contributed by atoms with E-state index in [2.05, 4.69) is 10.1 Å². The summed E-state index contributed by atoms with van der Waals surface area (Å²) in [4.78, 5) is 4.14. The van der Waals surface area contributed by atoms with E-state index < -0.39 is 9.84 Å². The van der Waals surface area contributed by atoms with Crippen LogP contribution in [-0.4, -0.2) is 41.8 Å². The first-order chi connectivity index (χ1) is 7.61. The van der Waals surface area contributed by atoms with Crippen LogP contribution in [-0.2, 0) is 16.3 Å². The zero-order chi connectivity index (χ0) is 11.6. The van der Waals surface area contributed by atoms with Crippen LogP contribution in [0.15, 0.2) is 4.52 Å². The van der Waals surface area contributed by atoms with Gasteiger partial charge in [0.05, 0.1) is 11.5 Å². The van der Waals surface area contributed by atoms with E-state index in [-0.39, 0.29) is 24.0 Å². The number of nitrogens with zero attached hydrogens (tertiary/aromatic N) is 2. The van der Waals surface area contributed by atoms with E-state index in [1.807, 2.05) is 0 Å². The fourth-order valence-electron chi connectivity index (χ4n) is 1.76. The van der Waals surface area contributed by atoms with Gasteiger partial charge in [-0.25, -0.2) is 8.42 Å². The van der Waals surface area contributed by atoms with E-state index in [0.29, 0.717) is 31.0 Å². The molecule has 2 heterocycles. The fraction of sp³-hybridized carbons (Fsp3) is 0.778. The molecule has 1 unspecified atom stereocenters. The average molecular weight is 246 g/mol. The van der Waals surface area contributed by atoms with Gasteiger partial charge in [0.15, 0.2) is 15.7 Å². The van der Waals surface area contributed by atoms with Gasteiger partial charge in [0.2, 0.25) is 5.89 Å². The number of aliphatic hydroxyl groups excluding tert-OH is 1. The second-order valence-electron chi connectivity index (χ2n) is 3.97. The highest BCUT2D eigenvalue weighted by Gasteiger charge is 2.32. The molecule has 0 radical (unpaired) electrons. The first-order valence-corrected chi connectivity index (χ1v) is 7.06. The molecule has 0 amide bonds. The Balaban J connectivity index is 2.02. The van der Waals surface area contributed by atoms with Gasteiger partial charge in [0, 0.05) is 18.9 Å². The van der Waals surface area contributed by atoms with Crippen molar-refractivity contribution in [3.05, 3.63) is 11.7 Å². The Morgan fingerprint density at radius 1 is 1.50 bits per heavy atom. The van der Waals surface area contributed by atoms with Crippen molar-refractivity contribution in [2.24, 2.45) is 0 Å². The number of hydrogen-bond donors (Lipinski definition) is 1. The van der Waals surface area contributed by atoms with Gasteiger partial charge in [-0.15, -0.1) is 0 Å². The highest BCUT2D eigenvalue weighted by Crippen LogP contribution is 2.26. The minimum Gasteiger partial charge on any atom is -0.396 e. The lowest BCUT2D eigenvalue weighted by molar-refractivity contribution is 0.278. The molecule has 2 rings (SSSR count). The van der Waals surface area contributed by atoms with Crippen LogP contribution in [0, 0.1) is 0 Å². The molecule has 0 spiro atoms. The van der Waals surface area contributed by atoms with Crippen molar-refractivity contribution in [3.8, 4) is 0 Å². The largest absolute Gasteiger partial charge is 0.396 e. The number of rotatable bonds is 4. The summed E-state index contributed by atoms with van der Waals surface area (Å²) >= 11 is 0. The third-order valence-electron chi connectivity index (χ3n) is 2.63. The first kappa shape index (κ1) is 11.5. The number of aromatic nitrogens is 2. The molecule has 0 aromatic carbocycles. The van der Waals surface area contributed by atoms with Gasteiger partial charge in [-0.3, -0.25) is 0 Å². The molecule has 90 valence electrons. The second-order valence-corrected chi connectivity index (χ2v) is 6.20. The molecule has 1 aromatic heterocycles. The predicted octanol–water partition coefficient (Wildman–Crippen LogP) is -0.103. The molecule has 0 bridgehead atoms. The smallest absolute Gasteiger partial charge is 0.226 e. The SMILES string of the molecule is O=S1(=O)CCC(c2noc(CCCO)n2)C1. The number of hydrogen-bond acceptors (Lipinski definition) is 6. The minimum absolute atomic E-state index is 0.0789. The van der Waals surface area contributed by atoms with Gasteiger partial charge >= 0.3 is 0 Å². The monoisotopic (exact) mass is 246 g/mol. The summed E-state index contributed by atoms with van der Waals surface area (Å²) in [5.41, 5.74) is 0. The van der Waals surface area contributed by atoms with Crippen LogP contribution >= 0.6 is 0 Å². The van der Waals surface area contributed by atoms with Crippen molar-refractivity contribution in [1.29, 1.82) is 0 Å². The number of aliphatic hydroxyl groups is 1. The minimum atomic E-state index is -2.91. The molecule has 1 fully saturated rings. The van der Waals surface area contributed by atoms with Gasteiger partial charge in [-0.05, 0) is 12.8 Å². The van der Waals surface area contributed by atoms with E-state index in [1.165, 1.54) is 0 Å². The third kappa shape index (κ3) is 2.59. The van der Waals surface area contributed by atoms with Crippen LogP contribution in [0.5, 0.6) is 0 Å². The van der Waals surface area contributed by atoms with E-state index in [4.69, 9.17) is 9.63 Å². The first-order valence-electron chi connectivity index (χ1n) is 5.24. The molecule has 1 N–H and O–H groups in total. The van der Waals surface area contributed by atoms with Crippen LogP contribution in [0.25, 0.3) is 0 Å². The molecular weight excluding hydrogens is 232 g/mol. The lowest BCUT2D eigenvalue weighted by atomic mass is 10.1. The summed E-state index contributed by atoms with van der Waals surface area (Å²) in [5.74, 6) is 1.14. The molecule has 1 aliphatic heterocycles. The fourth-order valence-corrected chi connectivity index (χ4v) is 3.50. The Morgan fingerprint density at radius 2 is 2.31 bits per heavy atom. The number of aryl methyl sites for hydroxylation is 1. The molecule has 0 aliphatic carbocycles. The molecule has 1 aliphatic rings. The Bertz CT molecular complexity index is 454. The lowest BCUT2D eigenvalue weighted by Crippen LogP contribution is -2.05. The molecule has 7 heteroatoms. The van der Waals surface area contributed by atoms with Crippen LogP contribution in [0.4, 0.5) is 0 Å². The highest BCUT2D eigenvalue weighted by atomic mass is 32.2. The summed E-state index contributed by atoms with van der Waals surface area (Å²) in [6.45, 7) is 0.0789. The Morgan fingerprint density at radius 3 is 2.94 bits per heavy atom. The quantitative estimate of drug-likeness (QED) is 0.797. The molecule has 1 aromatic rings. The summed E-state index contributed by atoms with van der Waals surface area (Å²) in [7, 11) is -2.91. The van der Waals surface area contributed by atoms with E-state index in [9.17, 15) is 8.42 Å². The van der Waals surface area contributed by atoms with E-state index in [1.54, 1.807) is 0 Å². The Kier molecular flexibility index (Phi) is 3.25.